The molecule has 18 heavy (non-hydrogen) atoms. The molecule has 1 aromatic carbocycles. The van der Waals surface area contributed by atoms with Gasteiger partial charge in [-0.2, -0.15) is 0 Å². The first-order valence-electron chi connectivity index (χ1n) is 6.42. The van der Waals surface area contributed by atoms with E-state index in [1.165, 1.54) is 0 Å². The molecule has 1 aliphatic rings. The van der Waals surface area contributed by atoms with Gasteiger partial charge in [-0.1, -0.05) is 6.07 Å². The van der Waals surface area contributed by atoms with Crippen LogP contribution in [-0.2, 0) is 6.54 Å². The molecule has 0 atom stereocenters. The first-order chi connectivity index (χ1) is 8.63. The van der Waals surface area contributed by atoms with E-state index in [4.69, 9.17) is 4.74 Å². The monoisotopic (exact) mass is 250 g/mol. The topological polar surface area (TPSA) is 44.7 Å². The van der Waals surface area contributed by atoms with Crippen LogP contribution in [0.15, 0.2) is 6.07 Å². The van der Waals surface area contributed by atoms with Crippen LogP contribution in [0, 0.1) is 13.8 Å². The molecule has 2 rings (SSSR count). The molecule has 0 saturated carbocycles. The van der Waals surface area contributed by atoms with Crippen LogP contribution in [0.25, 0.3) is 0 Å². The van der Waals surface area contributed by atoms with Gasteiger partial charge >= 0.3 is 0 Å². The highest BCUT2D eigenvalue weighted by Crippen LogP contribution is 2.36. The van der Waals surface area contributed by atoms with Gasteiger partial charge in [0.2, 0.25) is 0 Å². The lowest BCUT2D eigenvalue weighted by atomic mass is 10.0. The molecule has 0 radical (unpaired) electrons. The number of aromatic hydroxyl groups is 1. The zero-order valence-electron chi connectivity index (χ0n) is 11.4. The zero-order valence-corrected chi connectivity index (χ0v) is 11.4. The standard InChI is InChI=1S/C14H22N2O2/c1-10-8-12(9-16-6-4-15-5-7-16)14(18-3)13(17)11(10)2/h8,15,17H,4-7,9H2,1-3H3. The molecule has 0 bridgehead atoms. The SMILES string of the molecule is COc1c(CN2CCNCC2)cc(C)c(C)c1O. The largest absolute Gasteiger partial charge is 0.504 e. The summed E-state index contributed by atoms with van der Waals surface area (Å²) in [5, 5.41) is 13.5. The second-order valence-electron chi connectivity index (χ2n) is 4.89. The van der Waals surface area contributed by atoms with Gasteiger partial charge in [-0.3, -0.25) is 4.90 Å². The van der Waals surface area contributed by atoms with Gasteiger partial charge in [-0.15, -0.1) is 0 Å². The molecule has 0 unspecified atom stereocenters. The molecule has 1 fully saturated rings. The first-order valence-corrected chi connectivity index (χ1v) is 6.42. The third-order valence-corrected chi connectivity index (χ3v) is 3.65. The fourth-order valence-electron chi connectivity index (χ4n) is 2.40. The van der Waals surface area contributed by atoms with Crippen molar-refractivity contribution in [2.45, 2.75) is 20.4 Å². The van der Waals surface area contributed by atoms with E-state index >= 15 is 0 Å². The van der Waals surface area contributed by atoms with Gasteiger partial charge < -0.3 is 15.2 Å². The van der Waals surface area contributed by atoms with Crippen molar-refractivity contribution in [3.63, 3.8) is 0 Å². The van der Waals surface area contributed by atoms with Crippen molar-refractivity contribution in [2.24, 2.45) is 0 Å². The molecule has 2 N–H and O–H groups in total. The zero-order chi connectivity index (χ0) is 13.1. The molecule has 1 aliphatic heterocycles. The number of aryl methyl sites for hydroxylation is 1. The fraction of sp³-hybridized carbons (Fsp3) is 0.571. The molecule has 1 aromatic rings. The summed E-state index contributed by atoms with van der Waals surface area (Å²) in [6, 6.07) is 2.12. The lowest BCUT2D eigenvalue weighted by Gasteiger charge is -2.28. The molecule has 1 saturated heterocycles. The Hall–Kier alpha value is -1.26. The molecule has 1 heterocycles. The lowest BCUT2D eigenvalue weighted by Crippen LogP contribution is -2.42. The van der Waals surface area contributed by atoms with Crippen LogP contribution in [0.5, 0.6) is 11.5 Å². The van der Waals surface area contributed by atoms with Crippen LogP contribution in [-0.4, -0.2) is 43.3 Å². The predicted molar refractivity (Wildman–Crippen MR) is 72.3 cm³/mol. The van der Waals surface area contributed by atoms with Crippen molar-refractivity contribution in [2.75, 3.05) is 33.3 Å². The van der Waals surface area contributed by atoms with Crippen molar-refractivity contribution in [1.29, 1.82) is 0 Å². The summed E-state index contributed by atoms with van der Waals surface area (Å²) in [5.41, 5.74) is 3.08. The molecule has 0 aromatic heterocycles. The number of methoxy groups -OCH3 is 1. The van der Waals surface area contributed by atoms with Crippen LogP contribution in [0.2, 0.25) is 0 Å². The van der Waals surface area contributed by atoms with E-state index in [1.54, 1.807) is 7.11 Å². The summed E-state index contributed by atoms with van der Waals surface area (Å²) in [4.78, 5) is 2.38. The second kappa shape index (κ2) is 5.59. The number of nitrogens with zero attached hydrogens (tertiary/aromatic N) is 1. The average molecular weight is 250 g/mol. The van der Waals surface area contributed by atoms with Crippen molar-refractivity contribution < 1.29 is 9.84 Å². The van der Waals surface area contributed by atoms with E-state index in [0.717, 1.165) is 49.4 Å². The van der Waals surface area contributed by atoms with Gasteiger partial charge in [0, 0.05) is 38.3 Å². The number of nitrogens with one attached hydrogen (secondary N) is 1. The van der Waals surface area contributed by atoms with E-state index in [2.05, 4.69) is 16.3 Å². The predicted octanol–water partition coefficient (Wildman–Crippen LogP) is 1.42. The Bertz CT molecular complexity index is 426. The maximum absolute atomic E-state index is 10.1. The first kappa shape index (κ1) is 13.2. The van der Waals surface area contributed by atoms with Gasteiger partial charge in [-0.25, -0.2) is 0 Å². The van der Waals surface area contributed by atoms with E-state index in [-0.39, 0.29) is 5.75 Å². The number of hydrogen-bond donors (Lipinski definition) is 2. The van der Waals surface area contributed by atoms with Crippen molar-refractivity contribution in [3.05, 3.63) is 22.8 Å². The van der Waals surface area contributed by atoms with E-state index in [9.17, 15) is 5.11 Å². The summed E-state index contributed by atoms with van der Waals surface area (Å²) in [5.74, 6) is 0.902. The lowest BCUT2D eigenvalue weighted by molar-refractivity contribution is 0.229. The molecule has 0 aliphatic carbocycles. The van der Waals surface area contributed by atoms with Crippen LogP contribution in [0.4, 0.5) is 0 Å². The Labute approximate surface area is 109 Å². The van der Waals surface area contributed by atoms with Gasteiger partial charge in [0.05, 0.1) is 7.11 Å². The minimum absolute atomic E-state index is 0.280. The van der Waals surface area contributed by atoms with E-state index in [0.29, 0.717) is 5.75 Å². The third-order valence-electron chi connectivity index (χ3n) is 3.65. The molecule has 4 nitrogen and oxygen atoms in total. The number of rotatable bonds is 3. The number of ether oxygens (including phenoxy) is 1. The summed E-state index contributed by atoms with van der Waals surface area (Å²) >= 11 is 0. The summed E-state index contributed by atoms with van der Waals surface area (Å²) in [6.45, 7) is 8.91. The average Bonchev–Trinajstić information content (AvgIpc) is 2.38. The Morgan fingerprint density at radius 1 is 1.33 bits per heavy atom. The summed E-state index contributed by atoms with van der Waals surface area (Å²) in [6.07, 6.45) is 0. The number of piperazine rings is 1. The van der Waals surface area contributed by atoms with Crippen LogP contribution >= 0.6 is 0 Å². The normalized spacial score (nSPS) is 16.8. The minimum atomic E-state index is 0.280. The molecule has 100 valence electrons. The van der Waals surface area contributed by atoms with Crippen LogP contribution < -0.4 is 10.1 Å². The Kier molecular flexibility index (Phi) is 4.09. The highest BCUT2D eigenvalue weighted by atomic mass is 16.5. The summed E-state index contributed by atoms with van der Waals surface area (Å²) in [7, 11) is 1.62. The third kappa shape index (κ3) is 2.60. The molecular formula is C14H22N2O2. The van der Waals surface area contributed by atoms with Gasteiger partial charge in [0.15, 0.2) is 11.5 Å². The minimum Gasteiger partial charge on any atom is -0.504 e. The van der Waals surface area contributed by atoms with E-state index in [1.807, 2.05) is 13.8 Å². The van der Waals surface area contributed by atoms with Crippen molar-refractivity contribution in [1.82, 2.24) is 10.2 Å². The number of benzene rings is 1. The Morgan fingerprint density at radius 2 is 2.00 bits per heavy atom. The number of phenols is 1. The number of hydrogen-bond acceptors (Lipinski definition) is 4. The smallest absolute Gasteiger partial charge is 0.165 e. The highest BCUT2D eigenvalue weighted by Gasteiger charge is 2.17. The molecule has 0 spiro atoms. The summed E-state index contributed by atoms with van der Waals surface area (Å²) < 4.78 is 5.36. The van der Waals surface area contributed by atoms with Gasteiger partial charge in [-0.05, 0) is 25.0 Å². The Morgan fingerprint density at radius 3 is 2.61 bits per heavy atom. The molecule has 0 amide bonds. The number of phenolic OH excluding ortho intramolecular Hbond substituents is 1. The Balaban J connectivity index is 2.25. The molecule has 4 heteroatoms. The van der Waals surface area contributed by atoms with Gasteiger partial charge in [0.1, 0.15) is 0 Å². The highest BCUT2D eigenvalue weighted by molar-refractivity contribution is 5.53. The van der Waals surface area contributed by atoms with Crippen LogP contribution in [0.3, 0.4) is 0 Å². The maximum atomic E-state index is 10.1. The second-order valence-corrected chi connectivity index (χ2v) is 4.89. The van der Waals surface area contributed by atoms with Gasteiger partial charge in [0.25, 0.3) is 0 Å². The van der Waals surface area contributed by atoms with Crippen molar-refractivity contribution in [3.8, 4) is 11.5 Å². The quantitative estimate of drug-likeness (QED) is 0.851. The molecular weight excluding hydrogens is 228 g/mol. The maximum Gasteiger partial charge on any atom is 0.165 e. The van der Waals surface area contributed by atoms with Crippen molar-refractivity contribution >= 4 is 0 Å². The fourth-order valence-corrected chi connectivity index (χ4v) is 2.40. The van der Waals surface area contributed by atoms with Crippen LogP contribution in [0.1, 0.15) is 16.7 Å². The van der Waals surface area contributed by atoms with E-state index < -0.39 is 0 Å².